The van der Waals surface area contributed by atoms with Gasteiger partial charge in [0.15, 0.2) is 0 Å². The van der Waals surface area contributed by atoms with Crippen molar-refractivity contribution in [2.24, 2.45) is 0 Å². The van der Waals surface area contributed by atoms with Gasteiger partial charge in [-0.15, -0.1) is 0 Å². The van der Waals surface area contributed by atoms with E-state index in [0.717, 1.165) is 37.3 Å². The lowest BCUT2D eigenvalue weighted by atomic mass is 10.2. The fourth-order valence-corrected chi connectivity index (χ4v) is 2.25. The molecule has 0 bridgehead atoms. The van der Waals surface area contributed by atoms with Crippen LogP contribution in [-0.4, -0.2) is 30.0 Å². The second-order valence-corrected chi connectivity index (χ2v) is 5.31. The SMILES string of the molecule is CN(CCCNc1ccccc1)Cc1ccc([N+](=O)[O-])cc1. The molecule has 0 amide bonds. The van der Waals surface area contributed by atoms with Crippen molar-refractivity contribution in [1.82, 2.24) is 4.90 Å². The third kappa shape index (κ3) is 5.18. The Morgan fingerprint density at radius 1 is 1.09 bits per heavy atom. The molecule has 0 saturated heterocycles. The van der Waals surface area contributed by atoms with Gasteiger partial charge >= 0.3 is 0 Å². The lowest BCUT2D eigenvalue weighted by Gasteiger charge is -2.17. The molecule has 0 heterocycles. The van der Waals surface area contributed by atoms with Gasteiger partial charge in [0.25, 0.3) is 5.69 Å². The van der Waals surface area contributed by atoms with Crippen LogP contribution < -0.4 is 5.32 Å². The molecule has 0 atom stereocenters. The predicted octanol–water partition coefficient (Wildman–Crippen LogP) is 3.53. The summed E-state index contributed by atoms with van der Waals surface area (Å²) in [4.78, 5) is 12.5. The molecule has 116 valence electrons. The zero-order valence-electron chi connectivity index (χ0n) is 12.7. The molecule has 1 N–H and O–H groups in total. The molecule has 0 saturated carbocycles. The molecule has 0 aromatic heterocycles. The van der Waals surface area contributed by atoms with Crippen LogP contribution >= 0.6 is 0 Å². The van der Waals surface area contributed by atoms with Gasteiger partial charge in [-0.1, -0.05) is 30.3 Å². The molecule has 0 aliphatic carbocycles. The number of nitrogens with zero attached hydrogens (tertiary/aromatic N) is 2. The Balaban J connectivity index is 1.69. The molecule has 0 unspecified atom stereocenters. The van der Waals surface area contributed by atoms with E-state index in [1.54, 1.807) is 12.1 Å². The van der Waals surface area contributed by atoms with E-state index in [-0.39, 0.29) is 10.6 Å². The maximum absolute atomic E-state index is 10.6. The minimum atomic E-state index is -0.372. The normalized spacial score (nSPS) is 10.6. The van der Waals surface area contributed by atoms with Crippen molar-refractivity contribution in [2.45, 2.75) is 13.0 Å². The molecule has 22 heavy (non-hydrogen) atoms. The van der Waals surface area contributed by atoms with Gasteiger partial charge in [-0.2, -0.15) is 0 Å². The second-order valence-electron chi connectivity index (χ2n) is 5.31. The number of hydrogen-bond acceptors (Lipinski definition) is 4. The first kappa shape index (κ1) is 16.0. The first-order valence-electron chi connectivity index (χ1n) is 7.36. The summed E-state index contributed by atoms with van der Waals surface area (Å²) in [5.41, 5.74) is 2.36. The average molecular weight is 299 g/mol. The van der Waals surface area contributed by atoms with Crippen LogP contribution in [0.5, 0.6) is 0 Å². The molecule has 2 aromatic carbocycles. The molecule has 2 rings (SSSR count). The zero-order valence-corrected chi connectivity index (χ0v) is 12.7. The van der Waals surface area contributed by atoms with E-state index in [9.17, 15) is 10.1 Å². The van der Waals surface area contributed by atoms with Crippen LogP contribution in [0, 0.1) is 10.1 Å². The van der Waals surface area contributed by atoms with Crippen LogP contribution in [0.25, 0.3) is 0 Å². The van der Waals surface area contributed by atoms with Crippen molar-refractivity contribution in [1.29, 1.82) is 0 Å². The highest BCUT2D eigenvalue weighted by Gasteiger charge is 2.05. The molecule has 0 radical (unpaired) electrons. The third-order valence-corrected chi connectivity index (χ3v) is 3.42. The van der Waals surface area contributed by atoms with E-state index in [2.05, 4.69) is 29.4 Å². The fraction of sp³-hybridized carbons (Fsp3) is 0.294. The van der Waals surface area contributed by atoms with Crippen molar-refractivity contribution < 1.29 is 4.92 Å². The molecule has 0 aliphatic heterocycles. The van der Waals surface area contributed by atoms with E-state index in [0.29, 0.717) is 0 Å². The maximum Gasteiger partial charge on any atom is 0.269 e. The van der Waals surface area contributed by atoms with Gasteiger partial charge in [-0.05, 0) is 37.7 Å². The quantitative estimate of drug-likeness (QED) is 0.460. The summed E-state index contributed by atoms with van der Waals surface area (Å²) in [6.45, 7) is 2.69. The van der Waals surface area contributed by atoms with E-state index in [4.69, 9.17) is 0 Å². The summed E-state index contributed by atoms with van der Waals surface area (Å²) >= 11 is 0. The molecule has 2 aromatic rings. The molecule has 0 spiro atoms. The summed E-state index contributed by atoms with van der Waals surface area (Å²) in [5.74, 6) is 0. The smallest absolute Gasteiger partial charge is 0.269 e. The number of nitro benzene ring substituents is 1. The summed E-state index contributed by atoms with van der Waals surface area (Å²) in [7, 11) is 2.06. The minimum Gasteiger partial charge on any atom is -0.385 e. The van der Waals surface area contributed by atoms with Crippen LogP contribution in [0.15, 0.2) is 54.6 Å². The number of nitrogens with one attached hydrogen (secondary N) is 1. The van der Waals surface area contributed by atoms with Gasteiger partial charge in [0.05, 0.1) is 4.92 Å². The Morgan fingerprint density at radius 3 is 2.41 bits per heavy atom. The van der Waals surface area contributed by atoms with Crippen molar-refractivity contribution in [3.8, 4) is 0 Å². The van der Waals surface area contributed by atoms with E-state index in [1.807, 2.05) is 30.3 Å². The zero-order chi connectivity index (χ0) is 15.8. The third-order valence-electron chi connectivity index (χ3n) is 3.42. The summed E-state index contributed by atoms with van der Waals surface area (Å²) in [6, 6.07) is 16.9. The van der Waals surface area contributed by atoms with Gasteiger partial charge in [-0.25, -0.2) is 0 Å². The highest BCUT2D eigenvalue weighted by molar-refractivity contribution is 5.42. The summed E-state index contributed by atoms with van der Waals surface area (Å²) in [5, 5.41) is 14.0. The first-order valence-corrected chi connectivity index (χ1v) is 7.36. The number of anilines is 1. The second kappa shape index (κ2) is 8.14. The van der Waals surface area contributed by atoms with Crippen LogP contribution in [0.4, 0.5) is 11.4 Å². The average Bonchev–Trinajstić information content (AvgIpc) is 2.53. The molecule has 0 fully saturated rings. The molecular formula is C17H21N3O2. The molecular weight excluding hydrogens is 278 g/mol. The lowest BCUT2D eigenvalue weighted by molar-refractivity contribution is -0.384. The largest absolute Gasteiger partial charge is 0.385 e. The van der Waals surface area contributed by atoms with Crippen molar-refractivity contribution in [3.63, 3.8) is 0 Å². The van der Waals surface area contributed by atoms with Crippen molar-refractivity contribution >= 4 is 11.4 Å². The van der Waals surface area contributed by atoms with E-state index >= 15 is 0 Å². The standard InChI is InChI=1S/C17H21N3O2/c1-19(13-5-12-18-16-6-3-2-4-7-16)14-15-8-10-17(11-9-15)20(21)22/h2-4,6-11,18H,5,12-14H2,1H3. The Kier molecular flexibility index (Phi) is 5.91. The summed E-state index contributed by atoms with van der Waals surface area (Å²) in [6.07, 6.45) is 1.04. The minimum absolute atomic E-state index is 0.137. The Morgan fingerprint density at radius 2 is 1.77 bits per heavy atom. The predicted molar refractivity (Wildman–Crippen MR) is 89.0 cm³/mol. The number of hydrogen-bond donors (Lipinski definition) is 1. The van der Waals surface area contributed by atoms with Gasteiger partial charge in [0.1, 0.15) is 0 Å². The molecule has 5 nitrogen and oxygen atoms in total. The monoisotopic (exact) mass is 299 g/mol. The maximum atomic E-state index is 10.6. The Hall–Kier alpha value is -2.40. The van der Waals surface area contributed by atoms with Crippen LogP contribution in [0.1, 0.15) is 12.0 Å². The number of nitro groups is 1. The lowest BCUT2D eigenvalue weighted by Crippen LogP contribution is -2.21. The van der Waals surface area contributed by atoms with Crippen LogP contribution in [0.3, 0.4) is 0 Å². The highest BCUT2D eigenvalue weighted by atomic mass is 16.6. The number of non-ortho nitro benzene ring substituents is 1. The summed E-state index contributed by atoms with van der Waals surface area (Å²) < 4.78 is 0. The topological polar surface area (TPSA) is 58.4 Å². The Bertz CT molecular complexity index is 585. The molecule has 0 aliphatic rings. The van der Waals surface area contributed by atoms with Gasteiger partial charge in [0.2, 0.25) is 0 Å². The molecule has 5 heteroatoms. The van der Waals surface area contributed by atoms with Gasteiger partial charge < -0.3 is 10.2 Å². The van der Waals surface area contributed by atoms with E-state index < -0.39 is 0 Å². The van der Waals surface area contributed by atoms with Crippen molar-refractivity contribution in [2.75, 3.05) is 25.5 Å². The Labute approximate surface area is 130 Å². The fourth-order valence-electron chi connectivity index (χ4n) is 2.25. The highest BCUT2D eigenvalue weighted by Crippen LogP contribution is 2.13. The number of benzene rings is 2. The van der Waals surface area contributed by atoms with Gasteiger partial charge in [0, 0.05) is 30.9 Å². The first-order chi connectivity index (χ1) is 10.6. The van der Waals surface area contributed by atoms with Crippen molar-refractivity contribution in [3.05, 3.63) is 70.3 Å². The van der Waals surface area contributed by atoms with Crippen LogP contribution in [0.2, 0.25) is 0 Å². The number of para-hydroxylation sites is 1. The van der Waals surface area contributed by atoms with E-state index in [1.165, 1.54) is 0 Å². The van der Waals surface area contributed by atoms with Gasteiger partial charge in [-0.3, -0.25) is 10.1 Å². The number of rotatable bonds is 8. The van der Waals surface area contributed by atoms with Crippen LogP contribution in [-0.2, 0) is 6.54 Å².